The molecule has 1 saturated heterocycles. The van der Waals surface area contributed by atoms with E-state index < -0.39 is 21.8 Å². The van der Waals surface area contributed by atoms with Crippen LogP contribution >= 0.6 is 0 Å². The largest absolute Gasteiger partial charge is 0.481 e. The van der Waals surface area contributed by atoms with Crippen molar-refractivity contribution in [1.29, 1.82) is 0 Å². The van der Waals surface area contributed by atoms with E-state index in [1.54, 1.807) is 19.1 Å². The van der Waals surface area contributed by atoms with Crippen LogP contribution in [0.4, 0.5) is 14.9 Å². The maximum atomic E-state index is 14.6. The van der Waals surface area contributed by atoms with Gasteiger partial charge in [0.2, 0.25) is 11.8 Å². The summed E-state index contributed by atoms with van der Waals surface area (Å²) in [5, 5.41) is 13.7. The molecule has 0 unspecified atom stereocenters. The van der Waals surface area contributed by atoms with Crippen LogP contribution in [0.3, 0.4) is 0 Å². The van der Waals surface area contributed by atoms with E-state index in [2.05, 4.69) is 26.5 Å². The second-order valence-corrected chi connectivity index (χ2v) is 9.24. The Morgan fingerprint density at radius 2 is 2.21 bits per heavy atom. The molecule has 1 aliphatic heterocycles. The molecule has 3 rings (SSSR count). The quantitative estimate of drug-likeness (QED) is 0.591. The van der Waals surface area contributed by atoms with Gasteiger partial charge >= 0.3 is 6.03 Å². The number of benzene rings is 1. The molecule has 10 nitrogen and oxygen atoms in total. The van der Waals surface area contributed by atoms with E-state index in [-0.39, 0.29) is 28.5 Å². The highest BCUT2D eigenvalue weighted by atomic mass is 32.2. The number of nitrogens with one attached hydrogen (secondary N) is 1. The Balaban J connectivity index is 2.04. The number of amides is 2. The Bertz CT molecular complexity index is 1260. The molecule has 1 atom stereocenters. The number of pyridine rings is 1. The summed E-state index contributed by atoms with van der Waals surface area (Å²) in [6.45, 7) is 7.54. The lowest BCUT2D eigenvalue weighted by molar-refractivity contribution is 0.0656. The van der Waals surface area contributed by atoms with Crippen molar-refractivity contribution in [2.45, 2.75) is 26.7 Å². The summed E-state index contributed by atoms with van der Waals surface area (Å²) in [5.74, 6) is -0.00513. The molecule has 0 saturated carbocycles. The number of carbonyl (C=O) groups is 1. The number of anilines is 1. The molecule has 1 fully saturated rings. The van der Waals surface area contributed by atoms with E-state index in [0.717, 1.165) is 0 Å². The molecule has 12 heteroatoms. The third kappa shape index (κ3) is 5.34. The third-order valence-corrected chi connectivity index (χ3v) is 6.70. The van der Waals surface area contributed by atoms with Gasteiger partial charge in [-0.15, -0.1) is 4.36 Å². The average Bonchev–Trinajstić information content (AvgIpc) is 2.83. The predicted octanol–water partition coefficient (Wildman–Crippen LogP) is 3.86. The summed E-state index contributed by atoms with van der Waals surface area (Å²) in [5.41, 5.74) is 1.59. The molecule has 2 heterocycles. The lowest BCUT2D eigenvalue weighted by Gasteiger charge is -2.28. The van der Waals surface area contributed by atoms with Gasteiger partial charge in [0.15, 0.2) is 0 Å². The van der Waals surface area contributed by atoms with Crippen LogP contribution in [0, 0.1) is 5.82 Å². The first-order chi connectivity index (χ1) is 16.2. The Morgan fingerprint density at radius 1 is 1.44 bits per heavy atom. The lowest BCUT2D eigenvalue weighted by atomic mass is 9.99. The molecular formula is C22H27FN6O4S. The van der Waals surface area contributed by atoms with Gasteiger partial charge in [-0.3, -0.25) is 0 Å². The molecule has 0 aliphatic carbocycles. The molecule has 1 aliphatic rings. The summed E-state index contributed by atoms with van der Waals surface area (Å²) in [4.78, 5) is 17.0. The van der Waals surface area contributed by atoms with Gasteiger partial charge in [-0.1, -0.05) is 6.92 Å². The fourth-order valence-electron chi connectivity index (χ4n) is 3.46. The summed E-state index contributed by atoms with van der Waals surface area (Å²) < 4.78 is 42.1. The molecule has 182 valence electrons. The van der Waals surface area contributed by atoms with Crippen molar-refractivity contribution in [2.75, 3.05) is 25.6 Å². The number of nitrogens with two attached hydrogens (primary N) is 1. The number of hydrogen-bond acceptors (Lipinski definition) is 7. The summed E-state index contributed by atoms with van der Waals surface area (Å²) in [7, 11) is -2.20. The van der Waals surface area contributed by atoms with Crippen LogP contribution in [-0.2, 0) is 21.1 Å². The van der Waals surface area contributed by atoms with E-state index >= 15 is 0 Å². The van der Waals surface area contributed by atoms with E-state index in [1.807, 2.05) is 0 Å². The van der Waals surface area contributed by atoms with Crippen molar-refractivity contribution in [1.82, 2.24) is 9.99 Å². The summed E-state index contributed by atoms with van der Waals surface area (Å²) >= 11 is 0. The van der Waals surface area contributed by atoms with Gasteiger partial charge in [0.25, 0.3) is 0 Å². The first kappa shape index (κ1) is 25.1. The SMILES string of the molecule is C=NN1CCCO/C1=C(/C)[S@@](N)(=O)=NC(=O)Nc1c(-c2ccnc(OC)c2)ccc(F)c1CC. The van der Waals surface area contributed by atoms with E-state index in [1.165, 1.54) is 37.4 Å². The number of carbonyl (C=O) groups excluding carboxylic acids is 1. The van der Waals surface area contributed by atoms with Crippen LogP contribution < -0.4 is 15.2 Å². The maximum Gasteiger partial charge on any atom is 0.354 e. The minimum Gasteiger partial charge on any atom is -0.481 e. The molecule has 1 aromatic heterocycles. The van der Waals surface area contributed by atoms with Crippen LogP contribution in [0.1, 0.15) is 25.8 Å². The van der Waals surface area contributed by atoms with E-state index in [9.17, 15) is 13.4 Å². The number of aromatic nitrogens is 1. The fraction of sp³-hybridized carbons (Fsp3) is 0.318. The van der Waals surface area contributed by atoms with Gasteiger partial charge in [-0.2, -0.15) is 5.10 Å². The lowest BCUT2D eigenvalue weighted by Crippen LogP contribution is -2.30. The topological polar surface area (TPSA) is 132 Å². The number of ether oxygens (including phenoxy) is 2. The smallest absolute Gasteiger partial charge is 0.354 e. The maximum absolute atomic E-state index is 14.6. The van der Waals surface area contributed by atoms with Crippen LogP contribution in [0.2, 0.25) is 0 Å². The van der Waals surface area contributed by atoms with Crippen LogP contribution in [0.15, 0.2) is 50.7 Å². The number of nitrogens with zero attached hydrogens (tertiary/aromatic N) is 4. The number of halogens is 1. The zero-order valence-electron chi connectivity index (χ0n) is 19.2. The van der Waals surface area contributed by atoms with Crippen LogP contribution in [0.5, 0.6) is 5.88 Å². The summed E-state index contributed by atoms with van der Waals surface area (Å²) in [6.07, 6.45) is 2.51. The third-order valence-electron chi connectivity index (χ3n) is 5.21. The van der Waals surface area contributed by atoms with Crippen molar-refractivity contribution in [2.24, 2.45) is 14.6 Å². The Hall–Kier alpha value is -3.51. The van der Waals surface area contributed by atoms with Gasteiger partial charge in [0.1, 0.15) is 15.7 Å². The number of urea groups is 1. The van der Waals surface area contributed by atoms with E-state index in [0.29, 0.717) is 36.6 Å². The van der Waals surface area contributed by atoms with Gasteiger partial charge in [-0.25, -0.2) is 28.5 Å². The highest BCUT2D eigenvalue weighted by Gasteiger charge is 2.24. The Morgan fingerprint density at radius 3 is 2.88 bits per heavy atom. The van der Waals surface area contributed by atoms with Crippen molar-refractivity contribution < 1.29 is 22.9 Å². The first-order valence-corrected chi connectivity index (χ1v) is 12.0. The second-order valence-electron chi connectivity index (χ2n) is 7.31. The van der Waals surface area contributed by atoms with Crippen molar-refractivity contribution in [3.05, 3.63) is 52.6 Å². The normalized spacial score (nSPS) is 16.7. The van der Waals surface area contributed by atoms with Crippen LogP contribution in [-0.4, -0.2) is 47.2 Å². The summed E-state index contributed by atoms with van der Waals surface area (Å²) in [6, 6.07) is 5.18. The Kier molecular flexibility index (Phi) is 7.84. The number of methoxy groups -OCH3 is 1. The molecule has 1 aromatic carbocycles. The van der Waals surface area contributed by atoms with Crippen molar-refractivity contribution in [3.8, 4) is 17.0 Å². The Labute approximate surface area is 198 Å². The zero-order chi connectivity index (χ0) is 24.9. The number of hydrogen-bond donors (Lipinski definition) is 2. The number of allylic oxidation sites excluding steroid dienone is 1. The van der Waals surface area contributed by atoms with Crippen molar-refractivity contribution in [3.63, 3.8) is 0 Å². The fourth-order valence-corrected chi connectivity index (χ4v) is 4.31. The van der Waals surface area contributed by atoms with E-state index in [4.69, 9.17) is 14.6 Å². The van der Waals surface area contributed by atoms with Gasteiger partial charge in [-0.05, 0) is 37.1 Å². The van der Waals surface area contributed by atoms with Gasteiger partial charge in [0, 0.05) is 43.1 Å². The number of rotatable bonds is 6. The first-order valence-electron chi connectivity index (χ1n) is 10.5. The molecule has 0 radical (unpaired) electrons. The van der Waals surface area contributed by atoms with Crippen molar-refractivity contribution >= 4 is 28.4 Å². The number of hydrazone groups is 1. The molecule has 2 aromatic rings. The standard InChI is InChI=1S/C22H27FN6O4S/c1-5-16-18(23)8-7-17(15-9-10-26-19(13-15)32-4)20(16)27-22(30)28-34(24,31)14(2)21-29(25-3)11-6-12-33-21/h7-10,13H,3,5-6,11-12H2,1-2,4H3,(H3,24,27,28,30,31)/b21-14-/t34-/m0/s1. The van der Waals surface area contributed by atoms with Gasteiger partial charge in [0.05, 0.1) is 24.3 Å². The minimum absolute atomic E-state index is 0.0452. The molecule has 0 bridgehead atoms. The monoisotopic (exact) mass is 490 g/mol. The highest BCUT2D eigenvalue weighted by Crippen LogP contribution is 2.34. The average molecular weight is 491 g/mol. The minimum atomic E-state index is -3.68. The van der Waals surface area contributed by atoms with Gasteiger partial charge < -0.3 is 14.8 Å². The zero-order valence-corrected chi connectivity index (χ0v) is 20.0. The second kappa shape index (κ2) is 10.6. The molecule has 0 spiro atoms. The molecule has 34 heavy (non-hydrogen) atoms. The molecular weight excluding hydrogens is 463 g/mol. The predicted molar refractivity (Wildman–Crippen MR) is 129 cm³/mol. The molecule has 3 N–H and O–H groups in total. The molecule has 2 amide bonds. The highest BCUT2D eigenvalue weighted by molar-refractivity contribution is 7.95. The van der Waals surface area contributed by atoms with Crippen LogP contribution in [0.25, 0.3) is 11.1 Å².